The minimum absolute atomic E-state index is 0.0609. The molecule has 0 heterocycles. The summed E-state index contributed by atoms with van der Waals surface area (Å²) in [4.78, 5) is 0. The van der Waals surface area contributed by atoms with E-state index in [1.165, 1.54) is 16.7 Å². The Labute approximate surface area is 152 Å². The second-order valence-corrected chi connectivity index (χ2v) is 7.22. The van der Waals surface area contributed by atoms with Crippen molar-refractivity contribution in [2.75, 3.05) is 0 Å². The molecular formula is C23H37B. The normalized spacial score (nSPS) is 17.1. The fourth-order valence-corrected chi connectivity index (χ4v) is 3.10. The molecule has 2 atom stereocenters. The number of hydrogen-bond acceptors (Lipinski definition) is 0. The summed E-state index contributed by atoms with van der Waals surface area (Å²) < 4.78 is 0. The second kappa shape index (κ2) is 11.3. The van der Waals surface area contributed by atoms with Crippen molar-refractivity contribution in [2.45, 2.75) is 67.1 Å². The molecule has 24 heavy (non-hydrogen) atoms. The Morgan fingerprint density at radius 1 is 1.21 bits per heavy atom. The third-order valence-corrected chi connectivity index (χ3v) is 5.07. The van der Waals surface area contributed by atoms with Crippen LogP contribution in [0.2, 0.25) is 6.32 Å². The Hall–Kier alpha value is -1.24. The largest absolute Gasteiger partial charge is 0.0992 e. The zero-order chi connectivity index (χ0) is 18.8. The van der Waals surface area contributed by atoms with E-state index in [2.05, 4.69) is 79.0 Å². The maximum absolute atomic E-state index is 5.73. The van der Waals surface area contributed by atoms with Gasteiger partial charge in [-0.2, -0.15) is 0 Å². The monoisotopic (exact) mass is 324 g/mol. The van der Waals surface area contributed by atoms with Crippen LogP contribution >= 0.6 is 0 Å². The molecule has 0 fully saturated rings. The maximum Gasteiger partial charge on any atom is 0.0708 e. The molecule has 0 aliphatic carbocycles. The molecule has 0 saturated heterocycles. The molecule has 0 rings (SSSR count). The minimum atomic E-state index is 0.0609. The molecule has 0 aliphatic heterocycles. The SMILES string of the molecule is [B]C/C=C(\C=C/CC)CC(=C)C(C)C(C)(CC)/C(C=C)=C/C(C)C. The molecule has 132 valence electrons. The van der Waals surface area contributed by atoms with Gasteiger partial charge in [-0.1, -0.05) is 97.0 Å². The van der Waals surface area contributed by atoms with Crippen molar-refractivity contribution in [3.63, 3.8) is 0 Å². The van der Waals surface area contributed by atoms with Crippen molar-refractivity contribution >= 4 is 7.85 Å². The summed E-state index contributed by atoms with van der Waals surface area (Å²) in [7, 11) is 5.73. The average molecular weight is 324 g/mol. The van der Waals surface area contributed by atoms with Crippen LogP contribution in [-0.2, 0) is 0 Å². The molecule has 2 unspecified atom stereocenters. The molecule has 0 amide bonds. The zero-order valence-electron chi connectivity index (χ0n) is 16.9. The van der Waals surface area contributed by atoms with Crippen LogP contribution in [0.4, 0.5) is 0 Å². The van der Waals surface area contributed by atoms with E-state index in [0.717, 1.165) is 19.3 Å². The summed E-state index contributed by atoms with van der Waals surface area (Å²) in [6.45, 7) is 22.0. The Morgan fingerprint density at radius 3 is 2.25 bits per heavy atom. The molecule has 1 heteroatoms. The summed E-state index contributed by atoms with van der Waals surface area (Å²) in [5.41, 5.74) is 3.92. The molecule has 0 aliphatic rings. The van der Waals surface area contributed by atoms with Crippen molar-refractivity contribution in [3.8, 4) is 0 Å². The number of rotatable bonds is 11. The summed E-state index contributed by atoms with van der Waals surface area (Å²) in [6, 6.07) is 0. The van der Waals surface area contributed by atoms with Crippen LogP contribution in [0.5, 0.6) is 0 Å². The third-order valence-electron chi connectivity index (χ3n) is 5.07. The fourth-order valence-electron chi connectivity index (χ4n) is 3.10. The van der Waals surface area contributed by atoms with E-state index in [9.17, 15) is 0 Å². The van der Waals surface area contributed by atoms with Crippen LogP contribution in [-0.4, -0.2) is 7.85 Å². The van der Waals surface area contributed by atoms with Gasteiger partial charge in [0.2, 0.25) is 0 Å². The first-order chi connectivity index (χ1) is 11.3. The molecule has 0 saturated carbocycles. The van der Waals surface area contributed by atoms with E-state index < -0.39 is 0 Å². The highest BCUT2D eigenvalue weighted by Crippen LogP contribution is 2.44. The van der Waals surface area contributed by atoms with Gasteiger partial charge in [0.05, 0.1) is 7.85 Å². The predicted molar refractivity (Wildman–Crippen MR) is 113 cm³/mol. The molecule has 0 bridgehead atoms. The quantitative estimate of drug-likeness (QED) is 0.213. The highest BCUT2D eigenvalue weighted by Gasteiger charge is 2.33. The molecule has 0 spiro atoms. The maximum atomic E-state index is 5.73. The molecule has 0 nitrogen and oxygen atoms in total. The van der Waals surface area contributed by atoms with E-state index in [4.69, 9.17) is 7.85 Å². The van der Waals surface area contributed by atoms with Gasteiger partial charge in [0.1, 0.15) is 0 Å². The third kappa shape index (κ3) is 6.71. The van der Waals surface area contributed by atoms with Crippen LogP contribution in [0, 0.1) is 17.3 Å². The van der Waals surface area contributed by atoms with Gasteiger partial charge in [0.25, 0.3) is 0 Å². The van der Waals surface area contributed by atoms with Gasteiger partial charge < -0.3 is 0 Å². The van der Waals surface area contributed by atoms with E-state index in [0.29, 0.717) is 18.2 Å². The predicted octanol–water partition coefficient (Wildman–Crippen LogP) is 7.23. The van der Waals surface area contributed by atoms with Crippen molar-refractivity contribution in [1.82, 2.24) is 0 Å². The highest BCUT2D eigenvalue weighted by molar-refractivity contribution is 6.09. The number of hydrogen-bond donors (Lipinski definition) is 0. The Morgan fingerprint density at radius 2 is 1.83 bits per heavy atom. The first-order valence-electron chi connectivity index (χ1n) is 9.34. The smallest absolute Gasteiger partial charge is 0.0708 e. The lowest BCUT2D eigenvalue weighted by Crippen LogP contribution is -2.28. The lowest BCUT2D eigenvalue weighted by atomic mass is 9.66. The molecule has 0 aromatic heterocycles. The summed E-state index contributed by atoms with van der Waals surface area (Å²) in [5, 5.41) is 0. The van der Waals surface area contributed by atoms with Gasteiger partial charge in [-0.05, 0) is 47.7 Å². The summed E-state index contributed by atoms with van der Waals surface area (Å²) >= 11 is 0. The molecule has 0 aromatic carbocycles. The standard InChI is InChI=1S/C23H37B/c1-9-12-13-21(14-15-24)17-19(6)20(7)23(8,11-3)22(10-2)16-18(4)5/h10,12-14,16,18,20H,2,6,9,11,15,17H2,1,3-5,7-8H3/b13-12-,21-14+,22-16+. The van der Waals surface area contributed by atoms with Crippen molar-refractivity contribution in [3.05, 3.63) is 60.3 Å². The van der Waals surface area contributed by atoms with E-state index >= 15 is 0 Å². The lowest BCUT2D eigenvalue weighted by molar-refractivity contribution is 0.283. The van der Waals surface area contributed by atoms with Crippen molar-refractivity contribution < 1.29 is 0 Å². The topological polar surface area (TPSA) is 0 Å². The fraction of sp³-hybridized carbons (Fsp3) is 0.565. The van der Waals surface area contributed by atoms with Gasteiger partial charge in [-0.3, -0.25) is 0 Å². The van der Waals surface area contributed by atoms with E-state index in [1.807, 2.05) is 6.08 Å². The summed E-state index contributed by atoms with van der Waals surface area (Å²) in [6.07, 6.45) is 14.4. The zero-order valence-corrected chi connectivity index (χ0v) is 16.9. The van der Waals surface area contributed by atoms with Crippen LogP contribution in [0.1, 0.15) is 60.8 Å². The van der Waals surface area contributed by atoms with Crippen LogP contribution in [0.3, 0.4) is 0 Å². The Balaban J connectivity index is 5.49. The first-order valence-corrected chi connectivity index (χ1v) is 9.34. The van der Waals surface area contributed by atoms with Gasteiger partial charge in [-0.15, -0.1) is 0 Å². The Kier molecular flexibility index (Phi) is 10.8. The van der Waals surface area contributed by atoms with Crippen molar-refractivity contribution in [1.29, 1.82) is 0 Å². The molecular weight excluding hydrogens is 287 g/mol. The lowest BCUT2D eigenvalue weighted by Gasteiger charge is -2.38. The van der Waals surface area contributed by atoms with E-state index in [1.54, 1.807) is 0 Å². The van der Waals surface area contributed by atoms with Gasteiger partial charge >= 0.3 is 0 Å². The van der Waals surface area contributed by atoms with Crippen LogP contribution < -0.4 is 0 Å². The second-order valence-electron chi connectivity index (χ2n) is 7.22. The highest BCUT2D eigenvalue weighted by atomic mass is 14.4. The van der Waals surface area contributed by atoms with Gasteiger partial charge in [0, 0.05) is 0 Å². The van der Waals surface area contributed by atoms with Crippen molar-refractivity contribution in [2.24, 2.45) is 17.3 Å². The van der Waals surface area contributed by atoms with Gasteiger partial charge in [0.15, 0.2) is 0 Å². The first kappa shape index (κ1) is 22.8. The molecule has 0 aromatic rings. The van der Waals surface area contributed by atoms with Gasteiger partial charge in [-0.25, -0.2) is 0 Å². The Bertz CT molecular complexity index is 490. The molecule has 0 N–H and O–H groups in total. The summed E-state index contributed by atoms with van der Waals surface area (Å²) in [5.74, 6) is 0.895. The number of allylic oxidation sites excluding steroid dienone is 8. The van der Waals surface area contributed by atoms with Crippen LogP contribution in [0.15, 0.2) is 60.3 Å². The minimum Gasteiger partial charge on any atom is -0.0992 e. The van der Waals surface area contributed by atoms with Crippen LogP contribution in [0.25, 0.3) is 0 Å². The van der Waals surface area contributed by atoms with E-state index in [-0.39, 0.29) is 5.41 Å². The molecule has 2 radical (unpaired) electrons. The average Bonchev–Trinajstić information content (AvgIpc) is 2.55.